The fraction of sp³-hybridized carbons (Fsp3) is 1.00. The summed E-state index contributed by atoms with van der Waals surface area (Å²) in [5.41, 5.74) is 6.24. The molecular weight excluding hydrogens is 174 g/mol. The summed E-state index contributed by atoms with van der Waals surface area (Å²) in [5, 5.41) is 0. The van der Waals surface area contributed by atoms with E-state index in [1.165, 1.54) is 25.7 Å². The Kier molecular flexibility index (Phi) is 5.14. The maximum atomic E-state index is 5.94. The van der Waals surface area contributed by atoms with Gasteiger partial charge in [0.05, 0.1) is 6.61 Å². The minimum atomic E-state index is 0. The van der Waals surface area contributed by atoms with Gasteiger partial charge in [-0.3, -0.25) is 0 Å². The monoisotopic (exact) mass is 193 g/mol. The summed E-state index contributed by atoms with van der Waals surface area (Å²) in [5.74, 6) is 0. The first-order valence-electron chi connectivity index (χ1n) is 4.46. The molecule has 0 aliphatic heterocycles. The molecule has 0 saturated heterocycles. The first kappa shape index (κ1) is 12.2. The lowest BCUT2D eigenvalue weighted by Crippen LogP contribution is -2.40. The summed E-state index contributed by atoms with van der Waals surface area (Å²) in [6.07, 6.45) is 5.15. The molecule has 0 aromatic rings. The smallest absolute Gasteiger partial charge is 0.0533 e. The van der Waals surface area contributed by atoms with Crippen LogP contribution in [0.5, 0.6) is 0 Å². The van der Waals surface area contributed by atoms with Crippen molar-refractivity contribution in [3.05, 3.63) is 0 Å². The largest absolute Gasteiger partial charge is 0.384 e. The standard InChI is InChI=1S/C9H19NO.ClH/c1-8(10)9(7-11-2)5-3-4-6-9;/h8H,3-7,10H2,1-2H3;1H. The number of hydrogen-bond acceptors (Lipinski definition) is 2. The second-order valence-electron chi connectivity index (χ2n) is 3.79. The Bertz CT molecular complexity index is 122. The predicted molar refractivity (Wildman–Crippen MR) is 53.7 cm³/mol. The lowest BCUT2D eigenvalue weighted by Gasteiger charge is -2.32. The average molecular weight is 194 g/mol. The van der Waals surface area contributed by atoms with Gasteiger partial charge in [-0.15, -0.1) is 12.4 Å². The zero-order chi connectivity index (χ0) is 8.32. The summed E-state index contributed by atoms with van der Waals surface area (Å²) in [4.78, 5) is 0. The second-order valence-corrected chi connectivity index (χ2v) is 3.79. The van der Waals surface area contributed by atoms with Gasteiger partial charge in [0, 0.05) is 18.6 Å². The van der Waals surface area contributed by atoms with Crippen molar-refractivity contribution < 1.29 is 4.74 Å². The van der Waals surface area contributed by atoms with E-state index in [2.05, 4.69) is 6.92 Å². The van der Waals surface area contributed by atoms with Crippen molar-refractivity contribution in [2.45, 2.75) is 38.6 Å². The molecule has 0 bridgehead atoms. The molecule has 2 N–H and O–H groups in total. The molecule has 3 heteroatoms. The number of hydrogen-bond donors (Lipinski definition) is 1. The van der Waals surface area contributed by atoms with E-state index in [0.717, 1.165) is 6.61 Å². The number of halogens is 1. The number of nitrogens with two attached hydrogens (primary N) is 1. The van der Waals surface area contributed by atoms with E-state index in [0.29, 0.717) is 5.41 Å². The highest BCUT2D eigenvalue weighted by Crippen LogP contribution is 2.40. The van der Waals surface area contributed by atoms with Crippen LogP contribution in [0.3, 0.4) is 0 Å². The maximum absolute atomic E-state index is 5.94. The van der Waals surface area contributed by atoms with Gasteiger partial charge in [0.2, 0.25) is 0 Å². The fourth-order valence-electron chi connectivity index (χ4n) is 2.10. The third-order valence-corrected chi connectivity index (χ3v) is 3.00. The summed E-state index contributed by atoms with van der Waals surface area (Å²) in [6.45, 7) is 2.94. The minimum Gasteiger partial charge on any atom is -0.384 e. The molecule has 1 fully saturated rings. The molecule has 12 heavy (non-hydrogen) atoms. The van der Waals surface area contributed by atoms with Crippen LogP contribution in [0.25, 0.3) is 0 Å². The van der Waals surface area contributed by atoms with Gasteiger partial charge in [-0.1, -0.05) is 12.8 Å². The fourth-order valence-corrected chi connectivity index (χ4v) is 2.10. The zero-order valence-electron chi connectivity index (χ0n) is 8.01. The van der Waals surface area contributed by atoms with Crippen molar-refractivity contribution in [1.82, 2.24) is 0 Å². The van der Waals surface area contributed by atoms with Gasteiger partial charge in [-0.2, -0.15) is 0 Å². The molecule has 0 aromatic carbocycles. The normalized spacial score (nSPS) is 23.2. The van der Waals surface area contributed by atoms with Crippen LogP contribution in [0.15, 0.2) is 0 Å². The third-order valence-electron chi connectivity index (χ3n) is 3.00. The Labute approximate surface area is 81.3 Å². The maximum Gasteiger partial charge on any atom is 0.0533 e. The highest BCUT2D eigenvalue weighted by Gasteiger charge is 2.37. The molecule has 1 unspecified atom stereocenters. The highest BCUT2D eigenvalue weighted by molar-refractivity contribution is 5.85. The molecule has 2 nitrogen and oxygen atoms in total. The first-order chi connectivity index (χ1) is 5.21. The van der Waals surface area contributed by atoms with Crippen molar-refractivity contribution in [1.29, 1.82) is 0 Å². The van der Waals surface area contributed by atoms with Crippen LogP contribution in [0.4, 0.5) is 0 Å². The van der Waals surface area contributed by atoms with Crippen LogP contribution in [0.2, 0.25) is 0 Å². The first-order valence-corrected chi connectivity index (χ1v) is 4.46. The topological polar surface area (TPSA) is 35.2 Å². The minimum absolute atomic E-state index is 0. The molecule has 0 aromatic heterocycles. The lowest BCUT2D eigenvalue weighted by atomic mass is 9.81. The number of ether oxygens (including phenoxy) is 1. The molecule has 0 heterocycles. The van der Waals surface area contributed by atoms with Gasteiger partial charge in [0.1, 0.15) is 0 Å². The molecule has 1 rings (SSSR count). The molecule has 1 aliphatic rings. The average Bonchev–Trinajstić information content (AvgIpc) is 2.38. The number of rotatable bonds is 3. The lowest BCUT2D eigenvalue weighted by molar-refractivity contribution is 0.0676. The van der Waals surface area contributed by atoms with Crippen molar-refractivity contribution in [3.8, 4) is 0 Å². The Morgan fingerprint density at radius 2 is 1.92 bits per heavy atom. The molecule has 74 valence electrons. The molecule has 1 atom stereocenters. The van der Waals surface area contributed by atoms with Crippen molar-refractivity contribution >= 4 is 12.4 Å². The molecular formula is C9H20ClNO. The summed E-state index contributed by atoms with van der Waals surface area (Å²) in [7, 11) is 1.77. The Morgan fingerprint density at radius 1 is 1.42 bits per heavy atom. The Balaban J connectivity index is 0.00000121. The van der Waals surface area contributed by atoms with E-state index in [4.69, 9.17) is 10.5 Å². The SMILES string of the molecule is COCC1(C(C)N)CCCC1.Cl. The van der Waals surface area contributed by atoms with Crippen LogP contribution in [-0.4, -0.2) is 19.8 Å². The van der Waals surface area contributed by atoms with Gasteiger partial charge in [0.15, 0.2) is 0 Å². The van der Waals surface area contributed by atoms with Crippen LogP contribution < -0.4 is 5.73 Å². The quantitative estimate of drug-likeness (QED) is 0.744. The van der Waals surface area contributed by atoms with Gasteiger partial charge in [0.25, 0.3) is 0 Å². The zero-order valence-corrected chi connectivity index (χ0v) is 8.82. The van der Waals surface area contributed by atoms with E-state index >= 15 is 0 Å². The van der Waals surface area contributed by atoms with E-state index in [9.17, 15) is 0 Å². The summed E-state index contributed by atoms with van der Waals surface area (Å²) in [6, 6.07) is 0.282. The van der Waals surface area contributed by atoms with Crippen LogP contribution >= 0.6 is 12.4 Å². The Morgan fingerprint density at radius 3 is 2.25 bits per heavy atom. The van der Waals surface area contributed by atoms with Gasteiger partial charge >= 0.3 is 0 Å². The van der Waals surface area contributed by atoms with Crippen LogP contribution in [-0.2, 0) is 4.74 Å². The molecule has 0 spiro atoms. The molecule has 1 saturated carbocycles. The van der Waals surface area contributed by atoms with Gasteiger partial charge in [-0.05, 0) is 19.8 Å². The second kappa shape index (κ2) is 5.05. The van der Waals surface area contributed by atoms with Gasteiger partial charge in [-0.25, -0.2) is 0 Å². The highest BCUT2D eigenvalue weighted by atomic mass is 35.5. The third kappa shape index (κ3) is 2.35. The number of methoxy groups -OCH3 is 1. The van der Waals surface area contributed by atoms with E-state index in [1.54, 1.807) is 7.11 Å². The molecule has 0 amide bonds. The van der Waals surface area contributed by atoms with Crippen molar-refractivity contribution in [2.75, 3.05) is 13.7 Å². The Hall–Kier alpha value is 0.210. The van der Waals surface area contributed by atoms with Gasteiger partial charge < -0.3 is 10.5 Å². The van der Waals surface area contributed by atoms with Crippen molar-refractivity contribution in [2.24, 2.45) is 11.1 Å². The van der Waals surface area contributed by atoms with E-state index in [-0.39, 0.29) is 18.4 Å². The predicted octanol–water partition coefficient (Wildman–Crippen LogP) is 1.96. The van der Waals surface area contributed by atoms with E-state index in [1.807, 2.05) is 0 Å². The summed E-state index contributed by atoms with van der Waals surface area (Å²) >= 11 is 0. The van der Waals surface area contributed by atoms with Crippen LogP contribution in [0, 0.1) is 5.41 Å². The van der Waals surface area contributed by atoms with E-state index < -0.39 is 0 Å². The molecule has 0 radical (unpaired) electrons. The summed E-state index contributed by atoms with van der Waals surface area (Å²) < 4.78 is 5.21. The molecule has 1 aliphatic carbocycles. The van der Waals surface area contributed by atoms with Crippen molar-refractivity contribution in [3.63, 3.8) is 0 Å². The van der Waals surface area contributed by atoms with Crippen LogP contribution in [0.1, 0.15) is 32.6 Å².